The van der Waals surface area contributed by atoms with Crippen LogP contribution >= 0.6 is 11.6 Å². The molecule has 0 N–H and O–H groups in total. The van der Waals surface area contributed by atoms with Gasteiger partial charge >= 0.3 is 6.18 Å². The number of ether oxygens (including phenoxy) is 1. The molecule has 0 unspecified atom stereocenters. The highest BCUT2D eigenvalue weighted by Crippen LogP contribution is 2.36. The summed E-state index contributed by atoms with van der Waals surface area (Å²) >= 11 is 5.32. The van der Waals surface area contributed by atoms with Crippen molar-refractivity contribution in [1.82, 2.24) is 0 Å². The molecule has 1 aliphatic heterocycles. The second kappa shape index (κ2) is 7.28. The molecule has 1 heterocycles. The predicted molar refractivity (Wildman–Crippen MR) is 64.3 cm³/mol. The SMILES string of the molecule is C1CCOC1.O=C=Nc1ccc(Cl)c(C(F)(F)F)c1. The largest absolute Gasteiger partial charge is 0.417 e. The number of halogens is 4. The molecular formula is C12H11ClF3NO2. The topological polar surface area (TPSA) is 38.7 Å². The molecule has 0 aromatic heterocycles. The third-order valence-electron chi connectivity index (χ3n) is 2.26. The van der Waals surface area contributed by atoms with Crippen molar-refractivity contribution in [1.29, 1.82) is 0 Å². The Morgan fingerprint density at radius 3 is 2.32 bits per heavy atom. The molecule has 1 saturated heterocycles. The minimum absolute atomic E-state index is 0.128. The highest BCUT2D eigenvalue weighted by molar-refractivity contribution is 6.31. The third-order valence-corrected chi connectivity index (χ3v) is 2.59. The molecule has 1 fully saturated rings. The average molecular weight is 294 g/mol. The lowest BCUT2D eigenvalue weighted by atomic mass is 10.2. The van der Waals surface area contributed by atoms with Crippen molar-refractivity contribution < 1.29 is 22.7 Å². The lowest BCUT2D eigenvalue weighted by Crippen LogP contribution is -2.05. The number of hydrogen-bond donors (Lipinski definition) is 0. The number of aliphatic imine (C=N–C) groups is 1. The molecule has 7 heteroatoms. The summed E-state index contributed by atoms with van der Waals surface area (Å²) in [4.78, 5) is 12.9. The first-order valence-electron chi connectivity index (χ1n) is 5.47. The van der Waals surface area contributed by atoms with Crippen LogP contribution < -0.4 is 0 Å². The molecule has 19 heavy (non-hydrogen) atoms. The van der Waals surface area contributed by atoms with E-state index in [-0.39, 0.29) is 5.69 Å². The highest BCUT2D eigenvalue weighted by atomic mass is 35.5. The molecule has 0 amide bonds. The van der Waals surface area contributed by atoms with Crippen LogP contribution in [0.5, 0.6) is 0 Å². The number of alkyl halides is 3. The van der Waals surface area contributed by atoms with E-state index in [4.69, 9.17) is 16.3 Å². The van der Waals surface area contributed by atoms with E-state index in [1.165, 1.54) is 18.9 Å². The van der Waals surface area contributed by atoms with E-state index in [1.54, 1.807) is 0 Å². The fourth-order valence-electron chi connectivity index (χ4n) is 1.36. The lowest BCUT2D eigenvalue weighted by molar-refractivity contribution is -0.137. The molecule has 1 aromatic carbocycles. The summed E-state index contributed by atoms with van der Waals surface area (Å²) in [5, 5.41) is -0.428. The highest BCUT2D eigenvalue weighted by Gasteiger charge is 2.33. The van der Waals surface area contributed by atoms with Gasteiger partial charge < -0.3 is 4.74 Å². The van der Waals surface area contributed by atoms with E-state index >= 15 is 0 Å². The molecule has 0 saturated carbocycles. The molecule has 0 atom stereocenters. The van der Waals surface area contributed by atoms with Crippen molar-refractivity contribution in [2.45, 2.75) is 19.0 Å². The zero-order chi connectivity index (χ0) is 14.3. The van der Waals surface area contributed by atoms with E-state index < -0.39 is 16.8 Å². The minimum atomic E-state index is -4.55. The summed E-state index contributed by atoms with van der Waals surface area (Å²) in [7, 11) is 0. The number of hydrogen-bond acceptors (Lipinski definition) is 3. The van der Waals surface area contributed by atoms with Crippen molar-refractivity contribution in [3.8, 4) is 0 Å². The van der Waals surface area contributed by atoms with Gasteiger partial charge in [0.25, 0.3) is 0 Å². The van der Waals surface area contributed by atoms with Gasteiger partial charge in [-0.3, -0.25) is 0 Å². The molecule has 1 aromatic rings. The fourth-order valence-corrected chi connectivity index (χ4v) is 1.59. The number of benzene rings is 1. The molecule has 0 spiro atoms. The summed E-state index contributed by atoms with van der Waals surface area (Å²) in [5.41, 5.74) is -1.15. The molecule has 104 valence electrons. The van der Waals surface area contributed by atoms with E-state index in [1.807, 2.05) is 0 Å². The van der Waals surface area contributed by atoms with Crippen LogP contribution in [0.1, 0.15) is 18.4 Å². The van der Waals surface area contributed by atoms with Crippen molar-refractivity contribution in [2.24, 2.45) is 4.99 Å². The Morgan fingerprint density at radius 2 is 1.89 bits per heavy atom. The summed E-state index contributed by atoms with van der Waals surface area (Å²) in [6.07, 6.45) is -0.848. The summed E-state index contributed by atoms with van der Waals surface area (Å²) in [6, 6.07) is 2.91. The molecule has 0 aliphatic carbocycles. The van der Waals surface area contributed by atoms with Gasteiger partial charge in [0.15, 0.2) is 0 Å². The zero-order valence-corrected chi connectivity index (χ0v) is 10.6. The summed E-state index contributed by atoms with van der Waals surface area (Å²) in [5.74, 6) is 0. The standard InChI is InChI=1S/C8H3ClF3NO.C4H8O/c9-7-2-1-5(13-4-14)3-6(7)8(10,11)12;1-2-4-5-3-1/h1-3H;1-4H2. The average Bonchev–Trinajstić information content (AvgIpc) is 2.89. The second-order valence-corrected chi connectivity index (χ2v) is 4.09. The number of nitrogens with zero attached hydrogens (tertiary/aromatic N) is 1. The third kappa shape index (κ3) is 5.42. The van der Waals surface area contributed by atoms with E-state index in [0.717, 1.165) is 25.4 Å². The zero-order valence-electron chi connectivity index (χ0n) is 9.84. The summed E-state index contributed by atoms with van der Waals surface area (Å²) < 4.78 is 41.7. The summed E-state index contributed by atoms with van der Waals surface area (Å²) in [6.45, 7) is 2.00. The maximum atomic E-state index is 12.2. The van der Waals surface area contributed by atoms with Gasteiger partial charge in [-0.15, -0.1) is 0 Å². The van der Waals surface area contributed by atoms with Crippen molar-refractivity contribution >= 4 is 23.4 Å². The van der Waals surface area contributed by atoms with E-state index in [2.05, 4.69) is 4.99 Å². The predicted octanol–water partition coefficient (Wildman–Crippen LogP) is 4.12. The molecule has 0 bridgehead atoms. The molecule has 2 rings (SSSR count). The van der Waals surface area contributed by atoms with E-state index in [0.29, 0.717) is 6.07 Å². The van der Waals surface area contributed by atoms with Crippen LogP contribution in [-0.4, -0.2) is 19.3 Å². The van der Waals surface area contributed by atoms with E-state index in [9.17, 15) is 18.0 Å². The minimum Gasteiger partial charge on any atom is -0.381 e. The van der Waals surface area contributed by atoms with Gasteiger partial charge in [-0.2, -0.15) is 18.2 Å². The van der Waals surface area contributed by atoms with Crippen molar-refractivity contribution in [3.63, 3.8) is 0 Å². The van der Waals surface area contributed by atoms with Crippen LogP contribution in [-0.2, 0) is 15.7 Å². The van der Waals surface area contributed by atoms with Crippen LogP contribution in [0.2, 0.25) is 5.02 Å². The normalized spacial score (nSPS) is 14.3. The second-order valence-electron chi connectivity index (χ2n) is 3.68. The first kappa shape index (κ1) is 15.7. The Bertz CT molecular complexity index is 459. The van der Waals surface area contributed by atoms with Crippen LogP contribution in [0.4, 0.5) is 18.9 Å². The monoisotopic (exact) mass is 293 g/mol. The molecule has 3 nitrogen and oxygen atoms in total. The van der Waals surface area contributed by atoms with Gasteiger partial charge in [0.2, 0.25) is 6.08 Å². The van der Waals surface area contributed by atoms with Gasteiger partial charge in [-0.1, -0.05) is 11.6 Å². The molecule has 0 radical (unpaired) electrons. The van der Waals surface area contributed by atoms with Gasteiger partial charge in [0.05, 0.1) is 16.3 Å². The molecule has 1 aliphatic rings. The first-order valence-corrected chi connectivity index (χ1v) is 5.85. The quantitative estimate of drug-likeness (QED) is 0.577. The number of carbonyl (C=O) groups excluding carboxylic acids is 1. The maximum absolute atomic E-state index is 12.2. The Morgan fingerprint density at radius 1 is 1.26 bits per heavy atom. The first-order chi connectivity index (χ1) is 8.95. The van der Waals surface area contributed by atoms with Crippen molar-refractivity contribution in [2.75, 3.05) is 13.2 Å². The van der Waals surface area contributed by atoms with Crippen LogP contribution in [0.15, 0.2) is 23.2 Å². The Labute approximate surface area is 113 Å². The Balaban J connectivity index is 0.000000300. The van der Waals surface area contributed by atoms with Crippen molar-refractivity contribution in [3.05, 3.63) is 28.8 Å². The van der Waals surface area contributed by atoms with Gasteiger partial charge in [-0.25, -0.2) is 4.79 Å². The lowest BCUT2D eigenvalue weighted by Gasteiger charge is -2.08. The van der Waals surface area contributed by atoms with Crippen LogP contribution in [0.25, 0.3) is 0 Å². The fraction of sp³-hybridized carbons (Fsp3) is 0.417. The maximum Gasteiger partial charge on any atom is 0.417 e. The molecular weight excluding hydrogens is 283 g/mol. The van der Waals surface area contributed by atoms with Gasteiger partial charge in [0, 0.05) is 13.2 Å². The van der Waals surface area contributed by atoms with Gasteiger partial charge in [0.1, 0.15) is 0 Å². The number of rotatable bonds is 1. The van der Waals surface area contributed by atoms with Crippen LogP contribution in [0.3, 0.4) is 0 Å². The Hall–Kier alpha value is -1.36. The number of isocyanates is 1. The van der Waals surface area contributed by atoms with Gasteiger partial charge in [-0.05, 0) is 31.0 Å². The van der Waals surface area contributed by atoms with Crippen LogP contribution in [0, 0.1) is 0 Å². The smallest absolute Gasteiger partial charge is 0.381 e. The Kier molecular flexibility index (Phi) is 6.02.